The molecule has 168 valence electrons. The van der Waals surface area contributed by atoms with E-state index in [0.717, 1.165) is 30.0 Å². The maximum absolute atomic E-state index is 12.3. The number of unbranched alkanes of at least 4 members (excludes halogenated alkanes) is 4. The lowest BCUT2D eigenvalue weighted by Gasteiger charge is -2.12. The molecule has 2 amide bonds. The largest absolute Gasteiger partial charge is 0.494 e. The van der Waals surface area contributed by atoms with Gasteiger partial charge in [-0.3, -0.25) is 9.59 Å². The van der Waals surface area contributed by atoms with Gasteiger partial charge in [-0.15, -0.1) is 0 Å². The van der Waals surface area contributed by atoms with E-state index in [1.165, 1.54) is 25.7 Å². The third-order valence-electron chi connectivity index (χ3n) is 4.94. The van der Waals surface area contributed by atoms with Gasteiger partial charge in [0.2, 0.25) is 11.8 Å². The summed E-state index contributed by atoms with van der Waals surface area (Å²) in [4.78, 5) is 23.9. The van der Waals surface area contributed by atoms with Crippen LogP contribution >= 0.6 is 0 Å². The fourth-order valence-electron chi connectivity index (χ4n) is 3.03. The molecule has 3 N–H and O–H groups in total. The topological polar surface area (TPSA) is 79.5 Å². The number of rotatable bonds is 13. The molecule has 0 bridgehead atoms. The van der Waals surface area contributed by atoms with Crippen LogP contribution in [0.1, 0.15) is 57.9 Å². The predicted molar refractivity (Wildman–Crippen MR) is 128 cm³/mol. The van der Waals surface area contributed by atoms with E-state index < -0.39 is 0 Å². The quantitative estimate of drug-likeness (QED) is 0.357. The van der Waals surface area contributed by atoms with E-state index in [9.17, 15) is 9.59 Å². The lowest BCUT2D eigenvalue weighted by molar-refractivity contribution is -0.116. The Morgan fingerprint density at radius 2 is 1.55 bits per heavy atom. The Balaban J connectivity index is 1.76. The van der Waals surface area contributed by atoms with Gasteiger partial charge in [-0.1, -0.05) is 45.6 Å². The fourth-order valence-corrected chi connectivity index (χ4v) is 3.03. The van der Waals surface area contributed by atoms with Gasteiger partial charge in [-0.2, -0.15) is 0 Å². The molecule has 2 aromatic rings. The number of amides is 2. The van der Waals surface area contributed by atoms with Crippen molar-refractivity contribution in [2.24, 2.45) is 0 Å². The molecule has 0 aliphatic heterocycles. The van der Waals surface area contributed by atoms with Gasteiger partial charge < -0.3 is 20.7 Å². The molecule has 0 fully saturated rings. The number of ether oxygens (including phenoxy) is 1. The normalized spacial score (nSPS) is 10.4. The van der Waals surface area contributed by atoms with Crippen molar-refractivity contribution in [2.75, 3.05) is 29.1 Å². The molecule has 0 saturated heterocycles. The highest BCUT2D eigenvalue weighted by atomic mass is 16.5. The molecule has 6 nitrogen and oxygen atoms in total. The Morgan fingerprint density at radius 1 is 0.839 bits per heavy atom. The van der Waals surface area contributed by atoms with Crippen molar-refractivity contribution in [3.63, 3.8) is 0 Å². The van der Waals surface area contributed by atoms with Crippen LogP contribution in [0.5, 0.6) is 5.75 Å². The van der Waals surface area contributed by atoms with Crippen LogP contribution in [0.15, 0.2) is 42.5 Å². The van der Waals surface area contributed by atoms with E-state index in [-0.39, 0.29) is 18.4 Å². The molecule has 0 saturated carbocycles. The smallest absolute Gasteiger partial charge is 0.243 e. The van der Waals surface area contributed by atoms with Crippen LogP contribution in [-0.4, -0.2) is 25.0 Å². The van der Waals surface area contributed by atoms with E-state index >= 15 is 0 Å². The SMILES string of the molecule is CCCCCCCOc1ccc(NCC(=O)Nc2ccc(C)c(NC(=O)CC)c2)cc1. The van der Waals surface area contributed by atoms with Crippen LogP contribution < -0.4 is 20.7 Å². The summed E-state index contributed by atoms with van der Waals surface area (Å²) in [5.74, 6) is 0.619. The van der Waals surface area contributed by atoms with E-state index in [2.05, 4.69) is 22.9 Å². The van der Waals surface area contributed by atoms with Gasteiger partial charge in [-0.25, -0.2) is 0 Å². The Morgan fingerprint density at radius 3 is 2.26 bits per heavy atom. The number of anilines is 3. The van der Waals surface area contributed by atoms with Crippen LogP contribution in [0.3, 0.4) is 0 Å². The van der Waals surface area contributed by atoms with Crippen molar-refractivity contribution in [1.82, 2.24) is 0 Å². The molecule has 31 heavy (non-hydrogen) atoms. The second kappa shape index (κ2) is 13.3. The first kappa shape index (κ1) is 24.3. The molecular formula is C25H35N3O3. The zero-order chi connectivity index (χ0) is 22.5. The predicted octanol–water partition coefficient (Wildman–Crippen LogP) is 5.74. The second-order valence-corrected chi connectivity index (χ2v) is 7.62. The van der Waals surface area contributed by atoms with Gasteiger partial charge in [0.15, 0.2) is 0 Å². The summed E-state index contributed by atoms with van der Waals surface area (Å²) >= 11 is 0. The average Bonchev–Trinajstić information content (AvgIpc) is 2.77. The van der Waals surface area contributed by atoms with Crippen molar-refractivity contribution in [3.05, 3.63) is 48.0 Å². The maximum Gasteiger partial charge on any atom is 0.243 e. The standard InChI is InChI=1S/C25H35N3O3/c1-4-6-7-8-9-16-31-22-14-12-20(13-15-22)26-18-25(30)27-21-11-10-19(3)23(17-21)28-24(29)5-2/h10-15,17,26H,4-9,16,18H2,1-3H3,(H,27,30)(H,28,29). The van der Waals surface area contributed by atoms with E-state index in [1.807, 2.05) is 43.3 Å². The Labute approximate surface area is 185 Å². The summed E-state index contributed by atoms with van der Waals surface area (Å²) in [5.41, 5.74) is 3.15. The Kier molecular flexibility index (Phi) is 10.4. The first-order valence-corrected chi connectivity index (χ1v) is 11.2. The van der Waals surface area contributed by atoms with Gasteiger partial charge >= 0.3 is 0 Å². The van der Waals surface area contributed by atoms with E-state index in [0.29, 0.717) is 17.8 Å². The summed E-state index contributed by atoms with van der Waals surface area (Å²) in [6.07, 6.45) is 6.48. The molecule has 0 atom stereocenters. The van der Waals surface area contributed by atoms with Crippen LogP contribution in [0.4, 0.5) is 17.1 Å². The minimum absolute atomic E-state index is 0.0582. The average molecular weight is 426 g/mol. The number of benzene rings is 2. The Bertz CT molecular complexity index is 834. The number of carbonyl (C=O) groups is 2. The van der Waals surface area contributed by atoms with Crippen molar-refractivity contribution in [2.45, 2.75) is 59.3 Å². The molecule has 0 aliphatic carbocycles. The molecule has 0 aromatic heterocycles. The minimum atomic E-state index is -0.163. The zero-order valence-electron chi connectivity index (χ0n) is 18.9. The molecule has 6 heteroatoms. The summed E-state index contributed by atoms with van der Waals surface area (Å²) in [6.45, 7) is 6.80. The fraction of sp³-hybridized carbons (Fsp3) is 0.440. The summed E-state index contributed by atoms with van der Waals surface area (Å²) in [7, 11) is 0. The minimum Gasteiger partial charge on any atom is -0.494 e. The Hall–Kier alpha value is -3.02. The summed E-state index contributed by atoms with van der Waals surface area (Å²) < 4.78 is 5.77. The summed E-state index contributed by atoms with van der Waals surface area (Å²) in [5, 5.41) is 8.81. The van der Waals surface area contributed by atoms with Crippen LogP contribution in [0.2, 0.25) is 0 Å². The first-order chi connectivity index (χ1) is 15.0. The van der Waals surface area contributed by atoms with Crippen molar-refractivity contribution < 1.29 is 14.3 Å². The van der Waals surface area contributed by atoms with Gasteiger partial charge in [0.05, 0.1) is 13.2 Å². The second-order valence-electron chi connectivity index (χ2n) is 7.62. The molecule has 2 aromatic carbocycles. The van der Waals surface area contributed by atoms with Crippen molar-refractivity contribution in [1.29, 1.82) is 0 Å². The van der Waals surface area contributed by atoms with Crippen molar-refractivity contribution >= 4 is 28.9 Å². The number of carbonyl (C=O) groups excluding carboxylic acids is 2. The maximum atomic E-state index is 12.3. The molecule has 0 heterocycles. The van der Waals surface area contributed by atoms with Crippen molar-refractivity contribution in [3.8, 4) is 5.75 Å². The highest BCUT2D eigenvalue weighted by Gasteiger charge is 2.07. The van der Waals surface area contributed by atoms with Crippen LogP contribution in [-0.2, 0) is 9.59 Å². The third kappa shape index (κ3) is 9.11. The van der Waals surface area contributed by atoms with Gasteiger partial charge in [0.1, 0.15) is 5.75 Å². The van der Waals surface area contributed by atoms with E-state index in [1.54, 1.807) is 13.0 Å². The molecule has 0 radical (unpaired) electrons. The third-order valence-corrected chi connectivity index (χ3v) is 4.94. The lowest BCUT2D eigenvalue weighted by atomic mass is 10.1. The monoisotopic (exact) mass is 425 g/mol. The number of hydrogen-bond donors (Lipinski definition) is 3. The first-order valence-electron chi connectivity index (χ1n) is 11.2. The molecule has 2 rings (SSSR count). The molecular weight excluding hydrogens is 390 g/mol. The number of aryl methyl sites for hydroxylation is 1. The van der Waals surface area contributed by atoms with Crippen LogP contribution in [0, 0.1) is 6.92 Å². The number of nitrogens with one attached hydrogen (secondary N) is 3. The molecule has 0 unspecified atom stereocenters. The highest BCUT2D eigenvalue weighted by molar-refractivity contribution is 5.96. The van der Waals surface area contributed by atoms with Crippen LogP contribution in [0.25, 0.3) is 0 Å². The van der Waals surface area contributed by atoms with Gasteiger partial charge in [0.25, 0.3) is 0 Å². The number of hydrogen-bond acceptors (Lipinski definition) is 4. The highest BCUT2D eigenvalue weighted by Crippen LogP contribution is 2.21. The molecule has 0 spiro atoms. The summed E-state index contributed by atoms with van der Waals surface area (Å²) in [6, 6.07) is 13.1. The van der Waals surface area contributed by atoms with Gasteiger partial charge in [0, 0.05) is 23.5 Å². The molecule has 0 aliphatic rings. The van der Waals surface area contributed by atoms with E-state index in [4.69, 9.17) is 4.74 Å². The lowest BCUT2D eigenvalue weighted by Crippen LogP contribution is -2.22. The zero-order valence-corrected chi connectivity index (χ0v) is 18.9. The van der Waals surface area contributed by atoms with Gasteiger partial charge in [-0.05, 0) is 55.3 Å².